The summed E-state index contributed by atoms with van der Waals surface area (Å²) in [5.74, 6) is -0.360. The highest BCUT2D eigenvalue weighted by atomic mass is 35.5. The number of carbonyl (C=O) groups is 2. The lowest BCUT2D eigenvalue weighted by Gasteiger charge is -2.18. The van der Waals surface area contributed by atoms with Crippen molar-refractivity contribution in [3.05, 3.63) is 29.3 Å². The lowest BCUT2D eigenvalue weighted by Crippen LogP contribution is -2.43. The molecule has 0 spiro atoms. The fourth-order valence-electron chi connectivity index (χ4n) is 2.44. The highest BCUT2D eigenvalue weighted by molar-refractivity contribution is 6.31. The predicted molar refractivity (Wildman–Crippen MR) is 84.8 cm³/mol. The summed E-state index contributed by atoms with van der Waals surface area (Å²) in [6.45, 7) is 0.811. The maximum Gasteiger partial charge on any atom is 0.249 e. The van der Waals surface area contributed by atoms with Crippen LogP contribution in [0.15, 0.2) is 24.3 Å². The number of halogens is 1. The molecule has 6 nitrogen and oxygen atoms in total. The zero-order chi connectivity index (χ0) is 16.1. The number of ether oxygens (including phenoxy) is 1. The Labute approximate surface area is 134 Å². The second-order valence-corrected chi connectivity index (χ2v) is 5.61. The van der Waals surface area contributed by atoms with Crippen LogP contribution in [0.4, 0.5) is 5.69 Å². The quantitative estimate of drug-likeness (QED) is 0.814. The van der Waals surface area contributed by atoms with Crippen LogP contribution in [0.3, 0.4) is 0 Å². The van der Waals surface area contributed by atoms with Crippen molar-refractivity contribution in [2.75, 3.05) is 25.1 Å². The van der Waals surface area contributed by atoms with E-state index in [-0.39, 0.29) is 30.9 Å². The number of carbonyl (C=O) groups excluding carboxylic acids is 2. The number of nitrogens with one attached hydrogen (secondary N) is 1. The van der Waals surface area contributed by atoms with Gasteiger partial charge in [0.25, 0.3) is 0 Å². The number of amides is 2. The molecule has 0 aromatic heterocycles. The molecule has 1 saturated heterocycles. The Kier molecular flexibility index (Phi) is 5.76. The molecule has 22 heavy (non-hydrogen) atoms. The molecule has 0 radical (unpaired) electrons. The Bertz CT molecular complexity index is 549. The number of hydrogen-bond acceptors (Lipinski definition) is 4. The van der Waals surface area contributed by atoms with Crippen LogP contribution in [0.1, 0.15) is 12.8 Å². The fraction of sp³-hybridized carbons (Fsp3) is 0.467. The SMILES string of the molecule is COC(CN)CC(=O)NC1CCN(c2cccc(Cl)c2)C1=O. The molecule has 2 unspecified atom stereocenters. The van der Waals surface area contributed by atoms with Gasteiger partial charge in [0.2, 0.25) is 11.8 Å². The Balaban J connectivity index is 1.95. The molecule has 1 aliphatic heterocycles. The maximum atomic E-state index is 12.4. The number of rotatable bonds is 6. The second-order valence-electron chi connectivity index (χ2n) is 5.18. The van der Waals surface area contributed by atoms with E-state index in [1.54, 1.807) is 23.1 Å². The number of hydrogen-bond donors (Lipinski definition) is 2. The minimum Gasteiger partial charge on any atom is -0.380 e. The van der Waals surface area contributed by atoms with Gasteiger partial charge in [0.05, 0.1) is 12.5 Å². The van der Waals surface area contributed by atoms with Crippen LogP contribution in [0.2, 0.25) is 5.02 Å². The molecular weight excluding hydrogens is 306 g/mol. The van der Waals surface area contributed by atoms with E-state index in [1.165, 1.54) is 7.11 Å². The summed E-state index contributed by atoms with van der Waals surface area (Å²) in [7, 11) is 1.51. The van der Waals surface area contributed by atoms with Crippen LogP contribution >= 0.6 is 11.6 Å². The van der Waals surface area contributed by atoms with Crippen molar-refractivity contribution >= 4 is 29.1 Å². The molecule has 1 aromatic carbocycles. The largest absolute Gasteiger partial charge is 0.380 e. The van der Waals surface area contributed by atoms with Crippen molar-refractivity contribution in [2.24, 2.45) is 5.73 Å². The van der Waals surface area contributed by atoms with E-state index in [2.05, 4.69) is 5.32 Å². The molecule has 1 heterocycles. The normalized spacial score (nSPS) is 19.3. The van der Waals surface area contributed by atoms with Gasteiger partial charge in [-0.3, -0.25) is 9.59 Å². The third kappa shape index (κ3) is 3.97. The Morgan fingerprint density at radius 1 is 1.59 bits per heavy atom. The summed E-state index contributed by atoms with van der Waals surface area (Å²) in [6.07, 6.45) is 0.381. The van der Waals surface area contributed by atoms with Crippen molar-refractivity contribution in [1.29, 1.82) is 0 Å². The summed E-state index contributed by atoms with van der Waals surface area (Å²) in [5.41, 5.74) is 6.23. The van der Waals surface area contributed by atoms with E-state index in [4.69, 9.17) is 22.1 Å². The van der Waals surface area contributed by atoms with Gasteiger partial charge in [-0.1, -0.05) is 17.7 Å². The second kappa shape index (κ2) is 7.58. The Morgan fingerprint density at radius 3 is 3.00 bits per heavy atom. The van der Waals surface area contributed by atoms with Gasteiger partial charge in [0.15, 0.2) is 0 Å². The molecule has 0 bridgehead atoms. The third-order valence-electron chi connectivity index (χ3n) is 3.67. The van der Waals surface area contributed by atoms with Gasteiger partial charge in [0, 0.05) is 30.9 Å². The molecule has 2 atom stereocenters. The van der Waals surface area contributed by atoms with E-state index < -0.39 is 6.04 Å². The molecule has 0 saturated carbocycles. The van der Waals surface area contributed by atoms with E-state index in [9.17, 15) is 9.59 Å². The monoisotopic (exact) mass is 325 g/mol. The summed E-state index contributed by atoms with van der Waals surface area (Å²) in [6, 6.07) is 6.59. The van der Waals surface area contributed by atoms with Crippen LogP contribution in [-0.4, -0.2) is 44.2 Å². The minimum absolute atomic E-state index is 0.127. The number of methoxy groups -OCH3 is 1. The van der Waals surface area contributed by atoms with Crippen LogP contribution in [0, 0.1) is 0 Å². The van der Waals surface area contributed by atoms with E-state index >= 15 is 0 Å². The summed E-state index contributed by atoms with van der Waals surface area (Å²) in [5, 5.41) is 3.32. The van der Waals surface area contributed by atoms with Crippen molar-refractivity contribution < 1.29 is 14.3 Å². The smallest absolute Gasteiger partial charge is 0.249 e. The van der Waals surface area contributed by atoms with Crippen molar-refractivity contribution in [1.82, 2.24) is 5.32 Å². The minimum atomic E-state index is -0.512. The number of anilines is 1. The first kappa shape index (κ1) is 16.7. The number of nitrogens with zero attached hydrogens (tertiary/aromatic N) is 1. The third-order valence-corrected chi connectivity index (χ3v) is 3.90. The molecule has 3 N–H and O–H groups in total. The van der Waals surface area contributed by atoms with Crippen molar-refractivity contribution in [3.8, 4) is 0 Å². The molecule has 2 rings (SSSR count). The first-order valence-electron chi connectivity index (χ1n) is 7.14. The summed E-state index contributed by atoms with van der Waals surface area (Å²) >= 11 is 5.95. The lowest BCUT2D eigenvalue weighted by atomic mass is 10.2. The summed E-state index contributed by atoms with van der Waals surface area (Å²) in [4.78, 5) is 26.0. The molecule has 120 valence electrons. The van der Waals surface area contributed by atoms with Crippen LogP contribution in [0.5, 0.6) is 0 Å². The maximum absolute atomic E-state index is 12.4. The first-order valence-corrected chi connectivity index (χ1v) is 7.52. The summed E-state index contributed by atoms with van der Waals surface area (Å²) < 4.78 is 5.07. The van der Waals surface area contributed by atoms with Gasteiger partial charge in [-0.2, -0.15) is 0 Å². The lowest BCUT2D eigenvalue weighted by molar-refractivity contribution is -0.128. The molecule has 7 heteroatoms. The van der Waals surface area contributed by atoms with Crippen molar-refractivity contribution in [2.45, 2.75) is 25.0 Å². The molecular formula is C15H20ClN3O3. The van der Waals surface area contributed by atoms with Gasteiger partial charge in [-0.25, -0.2) is 0 Å². The number of nitrogens with two attached hydrogens (primary N) is 1. The average Bonchev–Trinajstić information content (AvgIpc) is 2.86. The van der Waals surface area contributed by atoms with E-state index in [0.717, 1.165) is 5.69 Å². The van der Waals surface area contributed by atoms with Gasteiger partial charge in [-0.05, 0) is 24.6 Å². The van der Waals surface area contributed by atoms with Crippen LogP contribution < -0.4 is 16.0 Å². The zero-order valence-electron chi connectivity index (χ0n) is 12.4. The zero-order valence-corrected chi connectivity index (χ0v) is 13.2. The van der Waals surface area contributed by atoms with E-state index in [1.807, 2.05) is 6.07 Å². The highest BCUT2D eigenvalue weighted by Crippen LogP contribution is 2.24. The van der Waals surface area contributed by atoms with Gasteiger partial charge >= 0.3 is 0 Å². The standard InChI is InChI=1S/C15H20ClN3O3/c1-22-12(9-17)8-14(20)18-13-5-6-19(15(13)21)11-4-2-3-10(16)7-11/h2-4,7,12-13H,5-6,8-9,17H2,1H3,(H,18,20). The molecule has 1 fully saturated rings. The fourth-order valence-corrected chi connectivity index (χ4v) is 2.62. The highest BCUT2D eigenvalue weighted by Gasteiger charge is 2.33. The topological polar surface area (TPSA) is 84.7 Å². The molecule has 1 aromatic rings. The molecule has 2 amide bonds. The Morgan fingerprint density at radius 2 is 2.36 bits per heavy atom. The van der Waals surface area contributed by atoms with Crippen molar-refractivity contribution in [3.63, 3.8) is 0 Å². The van der Waals surface area contributed by atoms with Crippen LogP contribution in [-0.2, 0) is 14.3 Å². The van der Waals surface area contributed by atoms with Gasteiger partial charge in [-0.15, -0.1) is 0 Å². The van der Waals surface area contributed by atoms with E-state index in [0.29, 0.717) is 18.0 Å². The van der Waals surface area contributed by atoms with Crippen LogP contribution in [0.25, 0.3) is 0 Å². The molecule has 0 aliphatic carbocycles. The Hall–Kier alpha value is -1.63. The average molecular weight is 326 g/mol. The molecule has 1 aliphatic rings. The van der Waals surface area contributed by atoms with Gasteiger partial charge in [0.1, 0.15) is 6.04 Å². The predicted octanol–water partition coefficient (Wildman–Crippen LogP) is 0.925. The first-order chi connectivity index (χ1) is 10.5. The van der Waals surface area contributed by atoms with Gasteiger partial charge < -0.3 is 20.7 Å². The number of benzene rings is 1.